The Bertz CT molecular complexity index is 1260. The fourth-order valence-corrected chi connectivity index (χ4v) is 4.45. The van der Waals surface area contributed by atoms with Crippen molar-refractivity contribution in [1.29, 1.82) is 0 Å². The molecular formula is C26H34N6O3. The maximum absolute atomic E-state index is 13.2. The van der Waals surface area contributed by atoms with E-state index in [1.54, 1.807) is 0 Å². The fraction of sp³-hybridized carbons (Fsp3) is 0.423. The zero-order chi connectivity index (χ0) is 24.9. The molecular weight excluding hydrogens is 444 g/mol. The zero-order valence-electron chi connectivity index (χ0n) is 20.9. The Balaban J connectivity index is 1.51. The number of carbonyl (C=O) groups is 1. The Kier molecular flexibility index (Phi) is 7.67. The van der Waals surface area contributed by atoms with Gasteiger partial charge in [0.1, 0.15) is 0 Å². The van der Waals surface area contributed by atoms with Crippen molar-refractivity contribution in [3.8, 4) is 11.1 Å². The number of carbonyl (C=O) groups excluding carboxylic acids is 1. The Labute approximate surface area is 205 Å². The molecule has 0 spiro atoms. The van der Waals surface area contributed by atoms with Crippen LogP contribution in [0, 0.1) is 20.8 Å². The minimum Gasteiger partial charge on any atom is -0.388 e. The average molecular weight is 479 g/mol. The molecule has 1 aliphatic heterocycles. The van der Waals surface area contributed by atoms with Crippen molar-refractivity contribution in [3.05, 3.63) is 68.9 Å². The number of nitrogens with one attached hydrogen (secondary N) is 3. The first-order valence-electron chi connectivity index (χ1n) is 12.0. The highest BCUT2D eigenvalue weighted by atomic mass is 16.5. The minimum atomic E-state index is -0.222. The molecule has 35 heavy (non-hydrogen) atoms. The van der Waals surface area contributed by atoms with Crippen LogP contribution in [0.3, 0.4) is 0 Å². The van der Waals surface area contributed by atoms with Crippen molar-refractivity contribution in [3.63, 3.8) is 0 Å². The molecule has 3 heterocycles. The number of ether oxygens (including phenoxy) is 1. The van der Waals surface area contributed by atoms with Crippen LogP contribution in [0.2, 0.25) is 0 Å². The second-order valence-electron chi connectivity index (χ2n) is 9.02. The van der Waals surface area contributed by atoms with Gasteiger partial charge in [-0.1, -0.05) is 0 Å². The van der Waals surface area contributed by atoms with Crippen LogP contribution in [0.1, 0.15) is 32.7 Å². The van der Waals surface area contributed by atoms with E-state index in [1.165, 1.54) is 0 Å². The van der Waals surface area contributed by atoms with Gasteiger partial charge in [0.15, 0.2) is 0 Å². The van der Waals surface area contributed by atoms with E-state index < -0.39 is 0 Å². The van der Waals surface area contributed by atoms with Gasteiger partial charge < -0.3 is 20.4 Å². The molecule has 2 aromatic heterocycles. The van der Waals surface area contributed by atoms with E-state index in [0.29, 0.717) is 11.1 Å². The number of pyridine rings is 1. The fourth-order valence-electron chi connectivity index (χ4n) is 4.45. The molecule has 1 fully saturated rings. The number of rotatable bonds is 8. The Morgan fingerprint density at radius 1 is 1.11 bits per heavy atom. The van der Waals surface area contributed by atoms with E-state index >= 15 is 0 Å². The molecule has 186 valence electrons. The summed E-state index contributed by atoms with van der Waals surface area (Å²) in [5.74, 6) is -0.222. The number of anilines is 1. The van der Waals surface area contributed by atoms with E-state index in [2.05, 4.69) is 25.6 Å². The molecule has 0 saturated carbocycles. The normalized spacial score (nSPS) is 14.2. The predicted octanol–water partition coefficient (Wildman–Crippen LogP) is 2.47. The standard InChI is InChI=1S/C26H34N6O3/c1-17-11-18(2)30-26(34)23(17)15-28-25(33)22-12-20(13-24(27-4)19(22)3)21-14-29-32(16-21)6-5-31-7-9-35-10-8-31/h11-14,16,27H,5-10,15H2,1-4H3,(H,28,33)(H,30,34). The summed E-state index contributed by atoms with van der Waals surface area (Å²) in [7, 11) is 1.84. The molecule has 1 saturated heterocycles. The number of hydrogen-bond donors (Lipinski definition) is 3. The first-order chi connectivity index (χ1) is 16.9. The van der Waals surface area contributed by atoms with Gasteiger partial charge in [0, 0.05) is 67.5 Å². The number of aromatic nitrogens is 3. The number of amides is 1. The predicted molar refractivity (Wildman–Crippen MR) is 137 cm³/mol. The van der Waals surface area contributed by atoms with Gasteiger partial charge in [-0.3, -0.25) is 19.2 Å². The van der Waals surface area contributed by atoms with Crippen LogP contribution in [0.25, 0.3) is 11.1 Å². The van der Waals surface area contributed by atoms with Crippen LogP contribution >= 0.6 is 0 Å². The van der Waals surface area contributed by atoms with Gasteiger partial charge in [-0.05, 0) is 55.7 Å². The number of aromatic amines is 1. The van der Waals surface area contributed by atoms with Crippen molar-refractivity contribution >= 4 is 11.6 Å². The van der Waals surface area contributed by atoms with E-state index in [-0.39, 0.29) is 18.0 Å². The summed E-state index contributed by atoms with van der Waals surface area (Å²) >= 11 is 0. The molecule has 3 N–H and O–H groups in total. The van der Waals surface area contributed by atoms with Crippen molar-refractivity contribution < 1.29 is 9.53 Å². The van der Waals surface area contributed by atoms with Crippen molar-refractivity contribution in [2.45, 2.75) is 33.9 Å². The third-order valence-corrected chi connectivity index (χ3v) is 6.56. The SMILES string of the molecule is CNc1cc(-c2cnn(CCN3CCOCC3)c2)cc(C(=O)NCc2c(C)cc(C)[nH]c2=O)c1C. The number of benzene rings is 1. The number of hydrogen-bond acceptors (Lipinski definition) is 6. The molecule has 1 amide bonds. The van der Waals surface area contributed by atoms with Gasteiger partial charge >= 0.3 is 0 Å². The zero-order valence-corrected chi connectivity index (χ0v) is 20.9. The average Bonchev–Trinajstić information content (AvgIpc) is 3.32. The first kappa shape index (κ1) is 24.7. The maximum atomic E-state index is 13.2. The second-order valence-corrected chi connectivity index (χ2v) is 9.02. The van der Waals surface area contributed by atoms with Crippen LogP contribution in [-0.4, -0.2) is 65.5 Å². The molecule has 9 nitrogen and oxygen atoms in total. The Morgan fingerprint density at radius 3 is 2.60 bits per heavy atom. The summed E-state index contributed by atoms with van der Waals surface area (Å²) in [5.41, 5.74) is 6.19. The highest BCUT2D eigenvalue weighted by Gasteiger charge is 2.17. The van der Waals surface area contributed by atoms with Gasteiger partial charge in [-0.25, -0.2) is 0 Å². The topological polar surface area (TPSA) is 104 Å². The van der Waals surface area contributed by atoms with Crippen LogP contribution in [0.15, 0.2) is 35.4 Å². The summed E-state index contributed by atoms with van der Waals surface area (Å²) in [6.45, 7) is 11.0. The molecule has 0 atom stereocenters. The van der Waals surface area contributed by atoms with E-state index in [4.69, 9.17) is 4.74 Å². The molecule has 9 heteroatoms. The lowest BCUT2D eigenvalue weighted by Gasteiger charge is -2.26. The maximum Gasteiger partial charge on any atom is 0.253 e. The lowest BCUT2D eigenvalue weighted by molar-refractivity contribution is 0.0360. The van der Waals surface area contributed by atoms with Gasteiger partial charge in [0.05, 0.1) is 26.0 Å². The quantitative estimate of drug-likeness (QED) is 0.460. The molecule has 3 aromatic rings. The summed E-state index contributed by atoms with van der Waals surface area (Å²) in [5, 5.41) is 10.7. The molecule has 0 radical (unpaired) electrons. The van der Waals surface area contributed by atoms with Crippen molar-refractivity contribution in [2.75, 3.05) is 45.2 Å². The molecule has 0 bridgehead atoms. The monoisotopic (exact) mass is 478 g/mol. The van der Waals surface area contributed by atoms with Crippen molar-refractivity contribution in [2.24, 2.45) is 0 Å². The molecule has 1 aliphatic rings. The third kappa shape index (κ3) is 5.80. The lowest BCUT2D eigenvalue weighted by Crippen LogP contribution is -2.38. The molecule has 1 aromatic carbocycles. The summed E-state index contributed by atoms with van der Waals surface area (Å²) in [6.07, 6.45) is 3.85. The number of morpholine rings is 1. The Morgan fingerprint density at radius 2 is 1.89 bits per heavy atom. The number of aryl methyl sites for hydroxylation is 2. The summed E-state index contributed by atoms with van der Waals surface area (Å²) < 4.78 is 7.35. The summed E-state index contributed by atoms with van der Waals surface area (Å²) in [4.78, 5) is 30.7. The highest BCUT2D eigenvalue weighted by Crippen LogP contribution is 2.28. The lowest BCUT2D eigenvalue weighted by atomic mass is 9.99. The van der Waals surface area contributed by atoms with Crippen LogP contribution < -0.4 is 16.2 Å². The van der Waals surface area contributed by atoms with Gasteiger partial charge in [0.2, 0.25) is 0 Å². The van der Waals surface area contributed by atoms with E-state index in [0.717, 1.165) is 73.0 Å². The molecule has 0 unspecified atom stereocenters. The smallest absolute Gasteiger partial charge is 0.253 e. The Hall–Kier alpha value is -3.43. The number of H-pyrrole nitrogens is 1. The van der Waals surface area contributed by atoms with Crippen molar-refractivity contribution in [1.82, 2.24) is 25.0 Å². The van der Waals surface area contributed by atoms with Gasteiger partial charge in [-0.15, -0.1) is 0 Å². The third-order valence-electron chi connectivity index (χ3n) is 6.56. The first-order valence-corrected chi connectivity index (χ1v) is 12.0. The van der Waals surface area contributed by atoms with Crippen LogP contribution in [-0.2, 0) is 17.8 Å². The van der Waals surface area contributed by atoms with Gasteiger partial charge in [-0.2, -0.15) is 5.10 Å². The minimum absolute atomic E-state index is 0.165. The van der Waals surface area contributed by atoms with Crippen LogP contribution in [0.4, 0.5) is 5.69 Å². The van der Waals surface area contributed by atoms with Gasteiger partial charge in [0.25, 0.3) is 11.5 Å². The van der Waals surface area contributed by atoms with Crippen LogP contribution in [0.5, 0.6) is 0 Å². The second kappa shape index (κ2) is 10.9. The largest absolute Gasteiger partial charge is 0.388 e. The molecule has 0 aliphatic carbocycles. The summed E-state index contributed by atoms with van der Waals surface area (Å²) in [6, 6.07) is 5.83. The van der Waals surface area contributed by atoms with E-state index in [1.807, 2.05) is 63.1 Å². The number of nitrogens with zero attached hydrogens (tertiary/aromatic N) is 3. The highest BCUT2D eigenvalue weighted by molar-refractivity contribution is 5.98. The molecule has 4 rings (SSSR count). The van der Waals surface area contributed by atoms with E-state index in [9.17, 15) is 9.59 Å².